The number of amides is 1. The molecule has 0 unspecified atom stereocenters. The number of nitrogens with one attached hydrogen (secondary N) is 1. The number of likely N-dealkylation sites (tertiary alicyclic amines) is 1. The summed E-state index contributed by atoms with van der Waals surface area (Å²) >= 11 is 6.12. The minimum Gasteiger partial charge on any atom is -0.446 e. The number of carbonyl (C=O) groups is 1. The highest BCUT2D eigenvalue weighted by Crippen LogP contribution is 2.28. The van der Waals surface area contributed by atoms with E-state index >= 15 is 0 Å². The van der Waals surface area contributed by atoms with Crippen molar-refractivity contribution in [2.24, 2.45) is 0 Å². The lowest BCUT2D eigenvalue weighted by molar-refractivity contribution is -0.889. The fraction of sp³-hybridized carbons (Fsp3) is 0.442. The van der Waals surface area contributed by atoms with Crippen molar-refractivity contribution in [3.05, 3.63) is 114 Å². The van der Waals surface area contributed by atoms with Gasteiger partial charge in [-0.3, -0.25) is 5.32 Å². The second-order valence-electron chi connectivity index (χ2n) is 14.6. The molecule has 3 aromatic carbocycles. The zero-order valence-corrected chi connectivity index (χ0v) is 31.4. The number of piperidine rings is 1. The van der Waals surface area contributed by atoms with Crippen LogP contribution in [0.2, 0.25) is 5.02 Å². The number of rotatable bonds is 19. The largest absolute Gasteiger partial charge is 0.446 e. The van der Waals surface area contributed by atoms with Crippen LogP contribution in [0.25, 0.3) is 11.1 Å². The van der Waals surface area contributed by atoms with Crippen LogP contribution in [-0.2, 0) is 11.3 Å². The quantitative estimate of drug-likeness (QED) is 0.0776. The van der Waals surface area contributed by atoms with E-state index in [-0.39, 0.29) is 12.2 Å². The van der Waals surface area contributed by atoms with Crippen LogP contribution in [0, 0.1) is 0 Å². The Bertz CT molecular complexity index is 1580. The van der Waals surface area contributed by atoms with E-state index in [0.717, 1.165) is 84.2 Å². The molecule has 8 heteroatoms. The minimum absolute atomic E-state index is 0.0251. The second-order valence-corrected chi connectivity index (χ2v) is 15.0. The number of pyridine rings is 1. The molecular weight excluding hydrogens is 654 g/mol. The van der Waals surface area contributed by atoms with Crippen LogP contribution in [0.15, 0.2) is 103 Å². The molecule has 51 heavy (non-hydrogen) atoms. The molecule has 1 amide bonds. The number of benzene rings is 3. The third-order valence-corrected chi connectivity index (χ3v) is 10.3. The Morgan fingerprint density at radius 2 is 1.49 bits per heavy atom. The Kier molecular flexibility index (Phi) is 15.2. The smallest absolute Gasteiger partial charge is 0.411 e. The van der Waals surface area contributed by atoms with Crippen LogP contribution in [-0.4, -0.2) is 79.9 Å². The third kappa shape index (κ3) is 13.3. The maximum Gasteiger partial charge on any atom is 0.411 e. The molecule has 1 N–H and O–H groups in total. The van der Waals surface area contributed by atoms with Gasteiger partial charge in [0, 0.05) is 36.4 Å². The van der Waals surface area contributed by atoms with Gasteiger partial charge in [0.25, 0.3) is 0 Å². The Balaban J connectivity index is 0.897. The number of likely N-dealkylation sites (N-methyl/N-ethyl adjacent to an activating group) is 1. The summed E-state index contributed by atoms with van der Waals surface area (Å²) in [6.07, 6.45) is 12.3. The lowest BCUT2D eigenvalue weighted by atomic mass is 10.0. The Morgan fingerprint density at radius 1 is 0.824 bits per heavy atom. The molecular formula is C43H57ClN5O2+. The van der Waals surface area contributed by atoms with E-state index in [9.17, 15) is 4.79 Å². The number of halogens is 1. The van der Waals surface area contributed by atoms with Gasteiger partial charge in [0.2, 0.25) is 0 Å². The standard InChI is InChI=1S/C43H56ClN5O2/c1-49(2,34-32-48(42-21-13-14-28-45-42)35-36-22-24-38(44)25-23-36)33-16-7-5-3-4-6-15-29-47-30-26-39(27-31-47)51-43(50)46-41-20-12-11-19-40(41)37-17-9-8-10-18-37/h8-14,17-25,28,39H,3-7,15-16,26-27,29-35H2,1-2H3/p+1. The van der Waals surface area contributed by atoms with Gasteiger partial charge in [-0.25, -0.2) is 9.78 Å². The molecule has 1 aliphatic heterocycles. The van der Waals surface area contributed by atoms with Crippen molar-refractivity contribution >= 4 is 29.2 Å². The first kappa shape index (κ1) is 38.3. The van der Waals surface area contributed by atoms with Gasteiger partial charge in [0.1, 0.15) is 11.9 Å². The van der Waals surface area contributed by atoms with Crippen LogP contribution in [0.1, 0.15) is 63.4 Å². The van der Waals surface area contributed by atoms with E-state index in [2.05, 4.69) is 70.6 Å². The summed E-state index contributed by atoms with van der Waals surface area (Å²) in [6.45, 7) is 7.18. The highest BCUT2D eigenvalue weighted by atomic mass is 35.5. The molecule has 1 fully saturated rings. The van der Waals surface area contributed by atoms with Crippen LogP contribution in [0.4, 0.5) is 16.3 Å². The first-order valence-electron chi connectivity index (χ1n) is 18.9. The van der Waals surface area contributed by atoms with Gasteiger partial charge in [-0.1, -0.05) is 104 Å². The monoisotopic (exact) mass is 710 g/mol. The van der Waals surface area contributed by atoms with Crippen molar-refractivity contribution in [2.45, 2.75) is 70.4 Å². The number of hydrogen-bond acceptors (Lipinski definition) is 5. The fourth-order valence-electron chi connectivity index (χ4n) is 6.89. The van der Waals surface area contributed by atoms with E-state index in [4.69, 9.17) is 16.3 Å². The molecule has 0 saturated carbocycles. The molecule has 5 rings (SSSR count). The molecule has 1 saturated heterocycles. The van der Waals surface area contributed by atoms with Crippen molar-refractivity contribution in [1.82, 2.24) is 9.88 Å². The molecule has 1 aromatic heterocycles. The molecule has 0 bridgehead atoms. The summed E-state index contributed by atoms with van der Waals surface area (Å²) < 4.78 is 6.84. The molecule has 272 valence electrons. The fourth-order valence-corrected chi connectivity index (χ4v) is 7.02. The van der Waals surface area contributed by atoms with Gasteiger partial charge in [-0.2, -0.15) is 0 Å². The van der Waals surface area contributed by atoms with E-state index in [1.165, 1.54) is 57.1 Å². The summed E-state index contributed by atoms with van der Waals surface area (Å²) in [5.74, 6) is 1.02. The van der Waals surface area contributed by atoms with Crippen molar-refractivity contribution in [3.63, 3.8) is 0 Å². The predicted octanol–water partition coefficient (Wildman–Crippen LogP) is 9.93. The zero-order chi connectivity index (χ0) is 35.7. The number of ether oxygens (including phenoxy) is 1. The van der Waals surface area contributed by atoms with Crippen LogP contribution < -0.4 is 10.2 Å². The number of quaternary nitrogens is 1. The van der Waals surface area contributed by atoms with Gasteiger partial charge in [-0.05, 0) is 80.1 Å². The first-order chi connectivity index (χ1) is 24.8. The average molecular weight is 711 g/mol. The normalized spacial score (nSPS) is 13.9. The maximum atomic E-state index is 12.7. The lowest BCUT2D eigenvalue weighted by Crippen LogP contribution is -2.46. The van der Waals surface area contributed by atoms with Crippen LogP contribution >= 0.6 is 11.6 Å². The van der Waals surface area contributed by atoms with Crippen molar-refractivity contribution in [2.75, 3.05) is 63.6 Å². The summed E-state index contributed by atoms with van der Waals surface area (Å²) in [7, 11) is 4.71. The van der Waals surface area contributed by atoms with E-state index in [1.54, 1.807) is 0 Å². The third-order valence-electron chi connectivity index (χ3n) is 10.0. The number of unbranched alkanes of at least 4 members (excludes halogenated alkanes) is 6. The molecule has 0 atom stereocenters. The van der Waals surface area contributed by atoms with Crippen LogP contribution in [0.3, 0.4) is 0 Å². The molecule has 4 aromatic rings. The molecule has 0 radical (unpaired) electrons. The van der Waals surface area contributed by atoms with Crippen molar-refractivity contribution in [1.29, 1.82) is 0 Å². The number of aromatic nitrogens is 1. The number of anilines is 2. The number of carbonyl (C=O) groups excluding carboxylic acids is 1. The molecule has 0 spiro atoms. The minimum atomic E-state index is -0.364. The van der Waals surface area contributed by atoms with E-state index in [1.807, 2.05) is 66.9 Å². The lowest BCUT2D eigenvalue weighted by Gasteiger charge is -2.33. The van der Waals surface area contributed by atoms with Gasteiger partial charge < -0.3 is 19.0 Å². The van der Waals surface area contributed by atoms with Crippen LogP contribution in [0.5, 0.6) is 0 Å². The second kappa shape index (κ2) is 20.2. The Morgan fingerprint density at radius 3 is 2.22 bits per heavy atom. The number of hydrogen-bond donors (Lipinski definition) is 1. The first-order valence-corrected chi connectivity index (χ1v) is 19.3. The van der Waals surface area contributed by atoms with E-state index < -0.39 is 0 Å². The topological polar surface area (TPSA) is 57.7 Å². The highest BCUT2D eigenvalue weighted by Gasteiger charge is 2.23. The summed E-state index contributed by atoms with van der Waals surface area (Å²) in [6, 6.07) is 32.3. The van der Waals surface area contributed by atoms with Crippen molar-refractivity contribution < 1.29 is 14.0 Å². The summed E-state index contributed by atoms with van der Waals surface area (Å²) in [4.78, 5) is 22.3. The van der Waals surface area contributed by atoms with Gasteiger partial charge in [0.05, 0.1) is 39.4 Å². The summed E-state index contributed by atoms with van der Waals surface area (Å²) in [5, 5.41) is 3.75. The highest BCUT2D eigenvalue weighted by molar-refractivity contribution is 6.30. The summed E-state index contributed by atoms with van der Waals surface area (Å²) in [5.41, 5.74) is 4.09. The Hall–Kier alpha value is -3.91. The van der Waals surface area contributed by atoms with E-state index in [0.29, 0.717) is 0 Å². The Labute approximate surface area is 311 Å². The average Bonchev–Trinajstić information content (AvgIpc) is 3.15. The molecule has 1 aliphatic rings. The molecule has 0 aliphatic carbocycles. The number of para-hydroxylation sites is 1. The molecule has 7 nitrogen and oxygen atoms in total. The number of nitrogens with zero attached hydrogens (tertiary/aromatic N) is 4. The molecule has 2 heterocycles. The SMILES string of the molecule is C[N+](C)(CCCCCCCCCN1CCC(OC(=O)Nc2ccccc2-c2ccccc2)CC1)CCN(Cc1ccc(Cl)cc1)c1ccccn1. The van der Waals surface area contributed by atoms with Gasteiger partial charge >= 0.3 is 6.09 Å². The van der Waals surface area contributed by atoms with Gasteiger partial charge in [0.15, 0.2) is 0 Å². The van der Waals surface area contributed by atoms with Crippen molar-refractivity contribution in [3.8, 4) is 11.1 Å². The zero-order valence-electron chi connectivity index (χ0n) is 30.7. The maximum absolute atomic E-state index is 12.7. The van der Waals surface area contributed by atoms with Gasteiger partial charge in [-0.15, -0.1) is 0 Å². The predicted molar refractivity (Wildman–Crippen MR) is 212 cm³/mol.